The van der Waals surface area contributed by atoms with E-state index in [0.717, 1.165) is 5.06 Å². The standard InChI is InChI=1S/C18H28N2O5/c1-8-20(17(22)24-18(5,6)7)25-16-11-14(19-13(4)21)9-10-15(16)23-12(2)3/h9-12H,8H2,1-7H3,(H,19,21). The quantitative estimate of drug-likeness (QED) is 0.784. The summed E-state index contributed by atoms with van der Waals surface area (Å²) in [7, 11) is 0. The fourth-order valence-electron chi connectivity index (χ4n) is 1.87. The number of amides is 2. The molecule has 2 amide bonds. The summed E-state index contributed by atoms with van der Waals surface area (Å²) in [6.45, 7) is 12.6. The van der Waals surface area contributed by atoms with Crippen LogP contribution in [0.5, 0.6) is 11.5 Å². The van der Waals surface area contributed by atoms with Gasteiger partial charge in [0.2, 0.25) is 5.91 Å². The molecule has 1 aromatic rings. The zero-order valence-electron chi connectivity index (χ0n) is 16.0. The number of rotatable bonds is 6. The van der Waals surface area contributed by atoms with Crippen molar-refractivity contribution in [1.29, 1.82) is 0 Å². The second-order valence-corrected chi connectivity index (χ2v) is 6.78. The van der Waals surface area contributed by atoms with E-state index in [9.17, 15) is 9.59 Å². The highest BCUT2D eigenvalue weighted by Gasteiger charge is 2.24. The molecule has 0 radical (unpaired) electrons. The summed E-state index contributed by atoms with van der Waals surface area (Å²) >= 11 is 0. The predicted octanol–water partition coefficient (Wildman–Crippen LogP) is 3.98. The van der Waals surface area contributed by atoms with Crippen LogP contribution in [0.3, 0.4) is 0 Å². The average molecular weight is 352 g/mol. The molecule has 0 aliphatic heterocycles. The topological polar surface area (TPSA) is 77.1 Å². The van der Waals surface area contributed by atoms with Gasteiger partial charge in [-0.2, -0.15) is 0 Å². The number of ether oxygens (including phenoxy) is 2. The van der Waals surface area contributed by atoms with Crippen molar-refractivity contribution in [2.75, 3.05) is 11.9 Å². The van der Waals surface area contributed by atoms with Crippen LogP contribution in [0.25, 0.3) is 0 Å². The first-order chi connectivity index (χ1) is 11.5. The number of carbonyl (C=O) groups is 2. The normalized spacial score (nSPS) is 11.0. The lowest BCUT2D eigenvalue weighted by Gasteiger charge is -2.27. The highest BCUT2D eigenvalue weighted by molar-refractivity contribution is 5.89. The van der Waals surface area contributed by atoms with Crippen LogP contribution in [-0.4, -0.2) is 35.3 Å². The van der Waals surface area contributed by atoms with Crippen molar-refractivity contribution in [3.8, 4) is 11.5 Å². The van der Waals surface area contributed by atoms with E-state index < -0.39 is 11.7 Å². The third kappa shape index (κ3) is 7.32. The molecule has 0 saturated carbocycles. The van der Waals surface area contributed by atoms with Crippen LogP contribution in [0.2, 0.25) is 0 Å². The van der Waals surface area contributed by atoms with E-state index in [1.54, 1.807) is 45.9 Å². The Kier molecular flexibility index (Phi) is 7.09. The first-order valence-corrected chi connectivity index (χ1v) is 8.28. The van der Waals surface area contributed by atoms with Gasteiger partial charge in [-0.3, -0.25) is 4.79 Å². The van der Waals surface area contributed by atoms with E-state index in [0.29, 0.717) is 17.2 Å². The monoisotopic (exact) mass is 352 g/mol. The molecule has 0 spiro atoms. The smallest absolute Gasteiger partial charge is 0.443 e. The highest BCUT2D eigenvalue weighted by Crippen LogP contribution is 2.32. The first-order valence-electron chi connectivity index (χ1n) is 8.28. The third-order valence-corrected chi connectivity index (χ3v) is 2.72. The minimum Gasteiger partial charge on any atom is -0.487 e. The van der Waals surface area contributed by atoms with E-state index >= 15 is 0 Å². The van der Waals surface area contributed by atoms with E-state index in [4.69, 9.17) is 14.3 Å². The molecule has 7 nitrogen and oxygen atoms in total. The molecule has 0 aliphatic rings. The van der Waals surface area contributed by atoms with Crippen molar-refractivity contribution >= 4 is 17.7 Å². The number of hydrogen-bond acceptors (Lipinski definition) is 5. The first kappa shape index (κ1) is 20.6. The summed E-state index contributed by atoms with van der Waals surface area (Å²) in [5.41, 5.74) is -0.0952. The molecular weight excluding hydrogens is 324 g/mol. The Morgan fingerprint density at radius 1 is 1.20 bits per heavy atom. The molecule has 1 N–H and O–H groups in total. The summed E-state index contributed by atoms with van der Waals surface area (Å²) in [5.74, 6) is 0.571. The van der Waals surface area contributed by atoms with Gasteiger partial charge >= 0.3 is 6.09 Å². The van der Waals surface area contributed by atoms with Crippen LogP contribution in [-0.2, 0) is 9.53 Å². The average Bonchev–Trinajstić information content (AvgIpc) is 2.44. The third-order valence-electron chi connectivity index (χ3n) is 2.72. The lowest BCUT2D eigenvalue weighted by atomic mass is 10.2. The van der Waals surface area contributed by atoms with E-state index in [1.807, 2.05) is 13.8 Å². The van der Waals surface area contributed by atoms with Crippen molar-refractivity contribution in [2.24, 2.45) is 0 Å². The van der Waals surface area contributed by atoms with Crippen molar-refractivity contribution in [2.45, 2.75) is 60.2 Å². The number of carbonyl (C=O) groups excluding carboxylic acids is 2. The maximum absolute atomic E-state index is 12.3. The molecule has 0 saturated heterocycles. The SMILES string of the molecule is CCN(Oc1cc(NC(C)=O)ccc1OC(C)C)C(=O)OC(C)(C)C. The van der Waals surface area contributed by atoms with Gasteiger partial charge in [0.05, 0.1) is 12.6 Å². The van der Waals surface area contributed by atoms with Gasteiger partial charge in [-0.1, -0.05) is 0 Å². The van der Waals surface area contributed by atoms with Crippen molar-refractivity contribution in [1.82, 2.24) is 5.06 Å². The van der Waals surface area contributed by atoms with Gasteiger partial charge in [0, 0.05) is 18.7 Å². The van der Waals surface area contributed by atoms with Gasteiger partial charge < -0.3 is 19.6 Å². The van der Waals surface area contributed by atoms with E-state index in [2.05, 4.69) is 5.32 Å². The molecule has 0 atom stereocenters. The Morgan fingerprint density at radius 2 is 1.84 bits per heavy atom. The molecule has 0 aromatic heterocycles. The maximum atomic E-state index is 12.3. The molecule has 7 heteroatoms. The molecule has 25 heavy (non-hydrogen) atoms. The van der Waals surface area contributed by atoms with Crippen LogP contribution < -0.4 is 14.9 Å². The summed E-state index contributed by atoms with van der Waals surface area (Å²) in [5, 5.41) is 3.78. The molecule has 0 heterocycles. The zero-order valence-corrected chi connectivity index (χ0v) is 16.0. The van der Waals surface area contributed by atoms with Crippen LogP contribution in [0.4, 0.5) is 10.5 Å². The van der Waals surface area contributed by atoms with Crippen LogP contribution in [0.1, 0.15) is 48.5 Å². The number of nitrogens with one attached hydrogen (secondary N) is 1. The van der Waals surface area contributed by atoms with Crippen molar-refractivity contribution in [3.05, 3.63) is 18.2 Å². The lowest BCUT2D eigenvalue weighted by Crippen LogP contribution is -2.39. The molecule has 0 aliphatic carbocycles. The van der Waals surface area contributed by atoms with E-state index in [-0.39, 0.29) is 18.6 Å². The van der Waals surface area contributed by atoms with Gasteiger partial charge in [0.15, 0.2) is 11.5 Å². The van der Waals surface area contributed by atoms with Gasteiger partial charge in [-0.25, -0.2) is 4.79 Å². The highest BCUT2D eigenvalue weighted by atomic mass is 16.7. The Labute approximate surface area is 149 Å². The Morgan fingerprint density at radius 3 is 2.32 bits per heavy atom. The van der Waals surface area contributed by atoms with Crippen molar-refractivity contribution < 1.29 is 23.9 Å². The Hall–Kier alpha value is -2.44. The Bertz CT molecular complexity index is 608. The fourth-order valence-corrected chi connectivity index (χ4v) is 1.87. The van der Waals surface area contributed by atoms with Gasteiger partial charge in [-0.05, 0) is 53.7 Å². The molecule has 1 rings (SSSR count). The molecular formula is C18H28N2O5. The van der Waals surface area contributed by atoms with Gasteiger partial charge in [0.1, 0.15) is 5.60 Å². The summed E-state index contributed by atoms with van der Waals surface area (Å²) in [6.07, 6.45) is -0.680. The summed E-state index contributed by atoms with van der Waals surface area (Å²) < 4.78 is 11.0. The lowest BCUT2D eigenvalue weighted by molar-refractivity contribution is -0.114. The zero-order chi connectivity index (χ0) is 19.2. The number of anilines is 1. The van der Waals surface area contributed by atoms with Gasteiger partial charge in [0.25, 0.3) is 0 Å². The molecule has 0 bridgehead atoms. The molecule has 140 valence electrons. The number of hydrogen-bond donors (Lipinski definition) is 1. The molecule has 1 aromatic carbocycles. The molecule has 0 unspecified atom stereocenters. The summed E-state index contributed by atoms with van der Waals surface area (Å²) in [6, 6.07) is 4.99. The summed E-state index contributed by atoms with van der Waals surface area (Å²) in [4.78, 5) is 29.2. The molecule has 0 fully saturated rings. The van der Waals surface area contributed by atoms with Crippen LogP contribution in [0, 0.1) is 0 Å². The second-order valence-electron chi connectivity index (χ2n) is 6.78. The Balaban J connectivity index is 3.08. The maximum Gasteiger partial charge on any atom is 0.443 e. The minimum atomic E-state index is -0.636. The van der Waals surface area contributed by atoms with Crippen LogP contribution >= 0.6 is 0 Å². The number of benzene rings is 1. The van der Waals surface area contributed by atoms with E-state index in [1.165, 1.54) is 6.92 Å². The largest absolute Gasteiger partial charge is 0.487 e. The van der Waals surface area contributed by atoms with Gasteiger partial charge in [-0.15, -0.1) is 5.06 Å². The van der Waals surface area contributed by atoms with Crippen LogP contribution in [0.15, 0.2) is 18.2 Å². The van der Waals surface area contributed by atoms with Crippen molar-refractivity contribution in [3.63, 3.8) is 0 Å². The minimum absolute atomic E-state index is 0.0782. The number of hydroxylamine groups is 2. The predicted molar refractivity (Wildman–Crippen MR) is 95.8 cm³/mol. The number of nitrogens with zero attached hydrogens (tertiary/aromatic N) is 1. The second kappa shape index (κ2) is 8.60. The fraction of sp³-hybridized carbons (Fsp3) is 0.556.